The Morgan fingerprint density at radius 3 is 2.59 bits per heavy atom. The molecule has 0 saturated heterocycles. The molecule has 1 heteroatoms. The van der Waals surface area contributed by atoms with Gasteiger partial charge in [0.2, 0.25) is 0 Å². The number of methoxy groups -OCH3 is 1. The van der Waals surface area contributed by atoms with Gasteiger partial charge in [-0.2, -0.15) is 0 Å². The van der Waals surface area contributed by atoms with Gasteiger partial charge in [0.15, 0.2) is 0 Å². The Morgan fingerprint density at radius 1 is 1.24 bits per heavy atom. The van der Waals surface area contributed by atoms with E-state index in [1.807, 2.05) is 7.11 Å². The number of hydrogen-bond acceptors (Lipinski definition) is 1. The summed E-state index contributed by atoms with van der Waals surface area (Å²) < 4.78 is 5.64. The average molecular weight is 234 g/mol. The largest absolute Gasteiger partial charge is 0.497 e. The van der Waals surface area contributed by atoms with E-state index in [0.717, 1.165) is 5.92 Å². The summed E-state index contributed by atoms with van der Waals surface area (Å²) in [6.07, 6.45) is 11.9. The summed E-state index contributed by atoms with van der Waals surface area (Å²) in [6.45, 7) is 4.61. The topological polar surface area (TPSA) is 9.23 Å². The van der Waals surface area contributed by atoms with Gasteiger partial charge < -0.3 is 4.74 Å². The van der Waals surface area contributed by atoms with Crippen molar-refractivity contribution in [1.29, 1.82) is 0 Å². The maximum atomic E-state index is 5.64. The van der Waals surface area contributed by atoms with Gasteiger partial charge >= 0.3 is 0 Å². The Morgan fingerprint density at radius 2 is 1.94 bits per heavy atom. The van der Waals surface area contributed by atoms with Crippen LogP contribution in [0.5, 0.6) is 0 Å². The van der Waals surface area contributed by atoms with Crippen LogP contribution >= 0.6 is 0 Å². The first-order valence-electron chi connectivity index (χ1n) is 7.18. The van der Waals surface area contributed by atoms with Crippen LogP contribution in [-0.4, -0.2) is 7.11 Å². The molecule has 0 bridgehead atoms. The normalized spacial score (nSPS) is 24.5. The van der Waals surface area contributed by atoms with Gasteiger partial charge in [-0.1, -0.05) is 32.3 Å². The SMILES string of the molecule is COC1=C(C(C)C2CCCCC2)CCC=C1C. The Labute approximate surface area is 106 Å². The molecule has 0 N–H and O–H groups in total. The van der Waals surface area contributed by atoms with Crippen molar-refractivity contribution in [3.63, 3.8) is 0 Å². The molecule has 2 aliphatic rings. The van der Waals surface area contributed by atoms with Crippen LogP contribution in [0.25, 0.3) is 0 Å². The van der Waals surface area contributed by atoms with Crippen LogP contribution in [0.4, 0.5) is 0 Å². The summed E-state index contributed by atoms with van der Waals surface area (Å²) >= 11 is 0. The molecular formula is C16H26O. The van der Waals surface area contributed by atoms with Gasteiger partial charge in [0.05, 0.1) is 7.11 Å². The summed E-state index contributed by atoms with van der Waals surface area (Å²) in [6, 6.07) is 0. The van der Waals surface area contributed by atoms with Crippen LogP contribution in [0, 0.1) is 11.8 Å². The molecule has 2 rings (SSSR count). The molecule has 96 valence electrons. The second-order valence-corrected chi connectivity index (χ2v) is 5.67. The van der Waals surface area contributed by atoms with Crippen molar-refractivity contribution in [3.05, 3.63) is 23.0 Å². The van der Waals surface area contributed by atoms with Crippen molar-refractivity contribution >= 4 is 0 Å². The third kappa shape index (κ3) is 2.75. The molecule has 0 radical (unpaired) electrons. The summed E-state index contributed by atoms with van der Waals surface area (Å²) in [5.41, 5.74) is 2.93. The molecule has 0 heterocycles. The minimum absolute atomic E-state index is 0.717. The van der Waals surface area contributed by atoms with Crippen LogP contribution in [0.3, 0.4) is 0 Å². The van der Waals surface area contributed by atoms with Crippen LogP contribution in [0.1, 0.15) is 58.8 Å². The summed E-state index contributed by atoms with van der Waals surface area (Å²) in [7, 11) is 1.82. The van der Waals surface area contributed by atoms with E-state index in [4.69, 9.17) is 4.74 Å². The minimum atomic E-state index is 0.717. The van der Waals surface area contributed by atoms with Crippen LogP contribution in [0.15, 0.2) is 23.0 Å². The Hall–Kier alpha value is -0.720. The first-order valence-corrected chi connectivity index (χ1v) is 7.18. The molecule has 0 amide bonds. The van der Waals surface area contributed by atoms with Gasteiger partial charge in [-0.05, 0) is 55.6 Å². The zero-order valence-corrected chi connectivity index (χ0v) is 11.6. The lowest BCUT2D eigenvalue weighted by Gasteiger charge is -2.32. The van der Waals surface area contributed by atoms with E-state index in [0.29, 0.717) is 5.92 Å². The third-order valence-electron chi connectivity index (χ3n) is 4.62. The monoisotopic (exact) mass is 234 g/mol. The fraction of sp³-hybridized carbons (Fsp3) is 0.750. The Bertz CT molecular complexity index is 318. The van der Waals surface area contributed by atoms with Gasteiger partial charge in [0.1, 0.15) is 5.76 Å². The van der Waals surface area contributed by atoms with Crippen molar-refractivity contribution in [2.75, 3.05) is 7.11 Å². The standard InChI is InChI=1S/C16H26O/c1-12-8-7-11-15(16(12)17-3)13(2)14-9-5-4-6-10-14/h8,13-14H,4-7,9-11H2,1-3H3. The minimum Gasteiger partial charge on any atom is -0.497 e. The summed E-state index contributed by atoms with van der Waals surface area (Å²) in [4.78, 5) is 0. The smallest absolute Gasteiger partial charge is 0.120 e. The fourth-order valence-electron chi connectivity index (χ4n) is 3.55. The van der Waals surface area contributed by atoms with Gasteiger partial charge in [-0.15, -0.1) is 0 Å². The van der Waals surface area contributed by atoms with Gasteiger partial charge in [0, 0.05) is 0 Å². The second kappa shape index (κ2) is 5.75. The van der Waals surface area contributed by atoms with Gasteiger partial charge in [0.25, 0.3) is 0 Å². The zero-order chi connectivity index (χ0) is 12.3. The van der Waals surface area contributed by atoms with E-state index < -0.39 is 0 Å². The predicted molar refractivity (Wildman–Crippen MR) is 72.8 cm³/mol. The van der Waals surface area contributed by atoms with Gasteiger partial charge in [-0.25, -0.2) is 0 Å². The van der Waals surface area contributed by atoms with Crippen molar-refractivity contribution in [1.82, 2.24) is 0 Å². The molecule has 0 aromatic carbocycles. The van der Waals surface area contributed by atoms with Crippen LogP contribution < -0.4 is 0 Å². The summed E-state index contributed by atoms with van der Waals surface area (Å²) in [5, 5.41) is 0. The average Bonchev–Trinajstić information content (AvgIpc) is 2.38. The highest BCUT2D eigenvalue weighted by molar-refractivity contribution is 5.34. The molecule has 1 fully saturated rings. The van der Waals surface area contributed by atoms with Crippen LogP contribution in [0.2, 0.25) is 0 Å². The maximum Gasteiger partial charge on any atom is 0.120 e. The second-order valence-electron chi connectivity index (χ2n) is 5.67. The molecule has 2 aliphatic carbocycles. The highest BCUT2D eigenvalue weighted by Gasteiger charge is 2.26. The van der Waals surface area contributed by atoms with Crippen molar-refractivity contribution in [3.8, 4) is 0 Å². The quantitative estimate of drug-likeness (QED) is 0.678. The lowest BCUT2D eigenvalue weighted by Crippen LogP contribution is -2.20. The maximum absolute atomic E-state index is 5.64. The molecule has 1 saturated carbocycles. The first kappa shape index (κ1) is 12.7. The lowest BCUT2D eigenvalue weighted by molar-refractivity contribution is 0.254. The van der Waals surface area contributed by atoms with Crippen molar-refractivity contribution in [2.24, 2.45) is 11.8 Å². The molecule has 0 aromatic rings. The van der Waals surface area contributed by atoms with E-state index in [-0.39, 0.29) is 0 Å². The highest BCUT2D eigenvalue weighted by atomic mass is 16.5. The Kier molecular flexibility index (Phi) is 4.31. The molecule has 0 aromatic heterocycles. The highest BCUT2D eigenvalue weighted by Crippen LogP contribution is 2.39. The molecule has 0 spiro atoms. The van der Waals surface area contributed by atoms with E-state index in [1.54, 1.807) is 5.57 Å². The predicted octanol–water partition coefficient (Wildman–Crippen LogP) is 4.84. The number of hydrogen-bond donors (Lipinski definition) is 0. The van der Waals surface area contributed by atoms with Crippen molar-refractivity contribution < 1.29 is 4.74 Å². The fourth-order valence-corrected chi connectivity index (χ4v) is 3.55. The van der Waals surface area contributed by atoms with E-state index in [1.165, 1.54) is 56.3 Å². The molecule has 17 heavy (non-hydrogen) atoms. The van der Waals surface area contributed by atoms with Crippen molar-refractivity contribution in [2.45, 2.75) is 58.8 Å². The van der Waals surface area contributed by atoms with Crippen LogP contribution in [-0.2, 0) is 4.74 Å². The Balaban J connectivity index is 2.15. The lowest BCUT2D eigenvalue weighted by atomic mass is 9.75. The molecule has 1 atom stereocenters. The number of allylic oxidation sites excluding steroid dienone is 3. The molecule has 1 unspecified atom stereocenters. The van der Waals surface area contributed by atoms with Gasteiger partial charge in [-0.3, -0.25) is 0 Å². The van der Waals surface area contributed by atoms with E-state index >= 15 is 0 Å². The third-order valence-corrected chi connectivity index (χ3v) is 4.62. The molecular weight excluding hydrogens is 208 g/mol. The number of rotatable bonds is 3. The zero-order valence-electron chi connectivity index (χ0n) is 11.6. The first-order chi connectivity index (χ1) is 8.24. The molecule has 1 nitrogen and oxygen atoms in total. The number of ether oxygens (including phenoxy) is 1. The van der Waals surface area contributed by atoms with E-state index in [9.17, 15) is 0 Å². The van der Waals surface area contributed by atoms with E-state index in [2.05, 4.69) is 19.9 Å². The summed E-state index contributed by atoms with van der Waals surface area (Å²) in [5.74, 6) is 2.80. The molecule has 0 aliphatic heterocycles.